The van der Waals surface area contributed by atoms with Crippen LogP contribution in [-0.2, 0) is 9.59 Å². The maximum atomic E-state index is 11.9. The molecule has 1 aromatic carbocycles. The Morgan fingerprint density at radius 3 is 2.74 bits per heavy atom. The molecule has 0 bridgehead atoms. The van der Waals surface area contributed by atoms with Crippen molar-refractivity contribution >= 4 is 23.2 Å². The van der Waals surface area contributed by atoms with E-state index in [1.807, 2.05) is 24.3 Å². The molecular formula is C15H18N2O2. The zero-order valence-electron chi connectivity index (χ0n) is 10.9. The van der Waals surface area contributed by atoms with Crippen molar-refractivity contribution in [3.05, 3.63) is 24.3 Å². The number of hydrogen-bond donors (Lipinski definition) is 1. The maximum absolute atomic E-state index is 11.9. The Bertz CT molecular complexity index is 509. The molecule has 1 aliphatic heterocycles. The first-order valence-electron chi connectivity index (χ1n) is 6.95. The second-order valence-electron chi connectivity index (χ2n) is 5.32. The summed E-state index contributed by atoms with van der Waals surface area (Å²) in [5.41, 5.74) is 1.67. The molecule has 2 aliphatic rings. The predicted molar refractivity (Wildman–Crippen MR) is 74.0 cm³/mol. The highest BCUT2D eigenvalue weighted by molar-refractivity contribution is 5.97. The molecule has 0 unspecified atom stereocenters. The van der Waals surface area contributed by atoms with Crippen molar-refractivity contribution in [2.45, 2.75) is 32.1 Å². The lowest BCUT2D eigenvalue weighted by Crippen LogP contribution is -2.28. The highest BCUT2D eigenvalue weighted by atomic mass is 16.2. The number of benzene rings is 1. The number of nitrogens with one attached hydrogen (secondary N) is 1. The van der Waals surface area contributed by atoms with Gasteiger partial charge in [0.15, 0.2) is 0 Å². The molecule has 0 aromatic heterocycles. The summed E-state index contributed by atoms with van der Waals surface area (Å²) in [5, 5.41) is 2.95. The van der Waals surface area contributed by atoms with Gasteiger partial charge < -0.3 is 10.2 Å². The number of carbonyl (C=O) groups excluding carboxylic acids is 2. The summed E-state index contributed by atoms with van der Waals surface area (Å²) in [6.45, 7) is 0.777. The van der Waals surface area contributed by atoms with Crippen LogP contribution in [0.4, 0.5) is 11.4 Å². The largest absolute Gasteiger partial charge is 0.326 e. The van der Waals surface area contributed by atoms with Crippen LogP contribution in [0.3, 0.4) is 0 Å². The van der Waals surface area contributed by atoms with E-state index in [2.05, 4.69) is 5.32 Å². The van der Waals surface area contributed by atoms with Gasteiger partial charge in [-0.2, -0.15) is 0 Å². The number of hydrogen-bond acceptors (Lipinski definition) is 2. The molecule has 100 valence electrons. The molecule has 1 saturated carbocycles. The normalized spacial score (nSPS) is 19.4. The van der Waals surface area contributed by atoms with Crippen LogP contribution in [0.5, 0.6) is 0 Å². The van der Waals surface area contributed by atoms with Crippen LogP contribution in [0.25, 0.3) is 0 Å². The summed E-state index contributed by atoms with van der Waals surface area (Å²) < 4.78 is 0. The first-order valence-corrected chi connectivity index (χ1v) is 6.95. The van der Waals surface area contributed by atoms with Gasteiger partial charge in [0.05, 0.1) is 0 Å². The third kappa shape index (κ3) is 2.48. The van der Waals surface area contributed by atoms with Gasteiger partial charge in [-0.3, -0.25) is 9.59 Å². The molecule has 1 heterocycles. The van der Waals surface area contributed by atoms with Crippen LogP contribution >= 0.6 is 0 Å². The Morgan fingerprint density at radius 1 is 1.26 bits per heavy atom. The molecule has 0 atom stereocenters. The summed E-state index contributed by atoms with van der Waals surface area (Å²) in [4.78, 5) is 25.4. The van der Waals surface area contributed by atoms with E-state index < -0.39 is 0 Å². The molecule has 2 amide bonds. The Kier molecular flexibility index (Phi) is 3.23. The fourth-order valence-electron chi connectivity index (χ4n) is 2.59. The molecule has 2 fully saturated rings. The topological polar surface area (TPSA) is 49.4 Å². The highest BCUT2D eigenvalue weighted by Gasteiger charge is 2.26. The minimum absolute atomic E-state index is 0.108. The Morgan fingerprint density at radius 2 is 2.11 bits per heavy atom. The van der Waals surface area contributed by atoms with Gasteiger partial charge in [0.2, 0.25) is 11.8 Å². The van der Waals surface area contributed by atoms with Crippen molar-refractivity contribution in [3.63, 3.8) is 0 Å². The van der Waals surface area contributed by atoms with E-state index in [0.29, 0.717) is 6.42 Å². The van der Waals surface area contributed by atoms with Gasteiger partial charge in [0.25, 0.3) is 0 Å². The molecular weight excluding hydrogens is 240 g/mol. The molecule has 3 rings (SSSR count). The Labute approximate surface area is 112 Å². The van der Waals surface area contributed by atoms with E-state index in [1.165, 1.54) is 0 Å². The van der Waals surface area contributed by atoms with Crippen molar-refractivity contribution in [3.8, 4) is 0 Å². The maximum Gasteiger partial charge on any atom is 0.227 e. The van der Waals surface area contributed by atoms with Crippen molar-refractivity contribution < 1.29 is 9.59 Å². The summed E-state index contributed by atoms with van der Waals surface area (Å²) >= 11 is 0. The van der Waals surface area contributed by atoms with Gasteiger partial charge in [-0.1, -0.05) is 12.5 Å². The predicted octanol–water partition coefficient (Wildman–Crippen LogP) is 2.55. The van der Waals surface area contributed by atoms with Crippen LogP contribution in [0.15, 0.2) is 24.3 Å². The van der Waals surface area contributed by atoms with Crippen molar-refractivity contribution in [1.29, 1.82) is 0 Å². The highest BCUT2D eigenvalue weighted by Crippen LogP contribution is 2.29. The third-order valence-electron chi connectivity index (χ3n) is 3.97. The second-order valence-corrected chi connectivity index (χ2v) is 5.32. The van der Waals surface area contributed by atoms with Crippen molar-refractivity contribution in [2.75, 3.05) is 16.8 Å². The van der Waals surface area contributed by atoms with Gasteiger partial charge in [-0.25, -0.2) is 0 Å². The average Bonchev–Trinajstić information content (AvgIpc) is 2.73. The second kappa shape index (κ2) is 5.03. The Hall–Kier alpha value is -1.84. The molecule has 4 nitrogen and oxygen atoms in total. The van der Waals surface area contributed by atoms with Gasteiger partial charge in [0.1, 0.15) is 0 Å². The molecule has 0 radical (unpaired) electrons. The van der Waals surface area contributed by atoms with Crippen LogP contribution in [0.1, 0.15) is 32.1 Å². The zero-order valence-corrected chi connectivity index (χ0v) is 10.9. The first kappa shape index (κ1) is 12.2. The fraction of sp³-hybridized carbons (Fsp3) is 0.467. The molecule has 19 heavy (non-hydrogen) atoms. The van der Waals surface area contributed by atoms with Gasteiger partial charge in [-0.05, 0) is 37.5 Å². The summed E-state index contributed by atoms with van der Waals surface area (Å²) in [6.07, 6.45) is 4.68. The number of anilines is 2. The van der Waals surface area contributed by atoms with Crippen LogP contribution in [-0.4, -0.2) is 18.4 Å². The van der Waals surface area contributed by atoms with Gasteiger partial charge >= 0.3 is 0 Å². The fourth-order valence-corrected chi connectivity index (χ4v) is 2.59. The van der Waals surface area contributed by atoms with Crippen molar-refractivity contribution in [1.82, 2.24) is 0 Å². The molecule has 0 spiro atoms. The lowest BCUT2D eigenvalue weighted by atomic mass is 9.85. The minimum Gasteiger partial charge on any atom is -0.326 e. The van der Waals surface area contributed by atoms with Crippen molar-refractivity contribution in [2.24, 2.45) is 5.92 Å². The van der Waals surface area contributed by atoms with E-state index in [-0.39, 0.29) is 17.7 Å². The van der Waals surface area contributed by atoms with Gasteiger partial charge in [0, 0.05) is 30.3 Å². The lowest BCUT2D eigenvalue weighted by molar-refractivity contribution is -0.122. The van der Waals surface area contributed by atoms with Crippen LogP contribution < -0.4 is 10.2 Å². The quantitative estimate of drug-likeness (QED) is 0.905. The molecule has 1 aliphatic carbocycles. The third-order valence-corrected chi connectivity index (χ3v) is 3.97. The van der Waals surface area contributed by atoms with Crippen LogP contribution in [0.2, 0.25) is 0 Å². The molecule has 1 saturated heterocycles. The summed E-state index contributed by atoms with van der Waals surface area (Å²) in [5.74, 6) is 0.454. The molecule has 1 N–H and O–H groups in total. The SMILES string of the molecule is O=C(Nc1cccc(N2CCCC2=O)c1)C1CCC1. The monoisotopic (exact) mass is 258 g/mol. The average molecular weight is 258 g/mol. The molecule has 1 aromatic rings. The van der Waals surface area contributed by atoms with E-state index in [1.54, 1.807) is 4.90 Å². The number of amides is 2. The van der Waals surface area contributed by atoms with E-state index in [4.69, 9.17) is 0 Å². The minimum atomic E-state index is 0.108. The van der Waals surface area contributed by atoms with Crippen LogP contribution in [0, 0.1) is 5.92 Å². The Balaban J connectivity index is 1.72. The lowest BCUT2D eigenvalue weighted by Gasteiger charge is -2.24. The summed E-state index contributed by atoms with van der Waals surface area (Å²) in [6, 6.07) is 7.57. The van der Waals surface area contributed by atoms with E-state index in [0.717, 1.165) is 43.6 Å². The number of rotatable bonds is 3. The number of carbonyl (C=O) groups is 2. The smallest absolute Gasteiger partial charge is 0.227 e. The van der Waals surface area contributed by atoms with E-state index >= 15 is 0 Å². The standard InChI is InChI=1S/C15H18N2O2/c18-14-8-3-9-17(14)13-7-2-6-12(10-13)16-15(19)11-4-1-5-11/h2,6-7,10-11H,1,3-5,8-9H2,(H,16,19). The summed E-state index contributed by atoms with van der Waals surface area (Å²) in [7, 11) is 0. The van der Waals surface area contributed by atoms with E-state index in [9.17, 15) is 9.59 Å². The zero-order chi connectivity index (χ0) is 13.2. The first-order chi connectivity index (χ1) is 9.24. The molecule has 4 heteroatoms. The van der Waals surface area contributed by atoms with Gasteiger partial charge in [-0.15, -0.1) is 0 Å². The number of nitrogens with zero attached hydrogens (tertiary/aromatic N) is 1.